The molecule has 2 aliphatic heterocycles. The summed E-state index contributed by atoms with van der Waals surface area (Å²) in [5.74, 6) is 0.425. The third-order valence-corrected chi connectivity index (χ3v) is 6.88. The van der Waals surface area contributed by atoms with E-state index < -0.39 is 11.5 Å². The summed E-state index contributed by atoms with van der Waals surface area (Å²) in [6, 6.07) is 1.73. The van der Waals surface area contributed by atoms with Crippen molar-refractivity contribution in [2.24, 2.45) is 11.1 Å². The molecule has 156 valence electrons. The number of nitrogens with two attached hydrogens (primary N) is 1. The Morgan fingerprint density at radius 3 is 2.52 bits per heavy atom. The number of aromatic nitrogens is 2. The Hall–Kier alpha value is -2.42. The van der Waals surface area contributed by atoms with E-state index in [1.807, 2.05) is 25.7 Å². The minimum Gasteiger partial charge on any atom is -0.444 e. The number of carbonyl (C=O) groups is 2. The van der Waals surface area contributed by atoms with E-state index in [0.717, 1.165) is 61.5 Å². The van der Waals surface area contributed by atoms with Crippen molar-refractivity contribution in [1.29, 1.82) is 0 Å². The molecule has 0 saturated carbocycles. The van der Waals surface area contributed by atoms with Crippen LogP contribution >= 0.6 is 11.3 Å². The van der Waals surface area contributed by atoms with Gasteiger partial charge in [0.1, 0.15) is 17.7 Å². The van der Waals surface area contributed by atoms with Crippen LogP contribution in [0.15, 0.2) is 12.4 Å². The van der Waals surface area contributed by atoms with Gasteiger partial charge in [0.05, 0.1) is 15.1 Å². The molecule has 4 rings (SSSR count). The van der Waals surface area contributed by atoms with Crippen LogP contribution in [0, 0.1) is 5.41 Å². The number of rotatable bonds is 2. The van der Waals surface area contributed by atoms with Crippen molar-refractivity contribution >= 4 is 39.4 Å². The SMILES string of the molecule is CC(C)(C)OC(=O)N1CCC2(CCN(c3ncnc4cc(C(N)=O)sc34)CC2)C1. The Morgan fingerprint density at radius 2 is 1.86 bits per heavy atom. The van der Waals surface area contributed by atoms with Crippen LogP contribution in [-0.4, -0.2) is 58.6 Å². The number of hydrogen-bond donors (Lipinski definition) is 1. The highest BCUT2D eigenvalue weighted by Gasteiger charge is 2.43. The zero-order valence-electron chi connectivity index (χ0n) is 17.1. The molecule has 4 heterocycles. The summed E-state index contributed by atoms with van der Waals surface area (Å²) in [7, 11) is 0. The lowest BCUT2D eigenvalue weighted by Crippen LogP contribution is -2.43. The molecule has 0 aromatic carbocycles. The van der Waals surface area contributed by atoms with E-state index in [1.54, 1.807) is 12.4 Å². The minimum absolute atomic E-state index is 0.146. The minimum atomic E-state index is -0.473. The molecule has 2 saturated heterocycles. The van der Waals surface area contributed by atoms with Gasteiger partial charge < -0.3 is 20.3 Å². The predicted molar refractivity (Wildman–Crippen MR) is 112 cm³/mol. The molecule has 2 aliphatic rings. The van der Waals surface area contributed by atoms with Gasteiger partial charge >= 0.3 is 6.09 Å². The van der Waals surface area contributed by atoms with E-state index in [4.69, 9.17) is 10.5 Å². The monoisotopic (exact) mass is 417 g/mol. The number of likely N-dealkylation sites (tertiary alicyclic amines) is 1. The third kappa shape index (κ3) is 4.01. The van der Waals surface area contributed by atoms with Gasteiger partial charge in [-0.3, -0.25) is 4.79 Å². The van der Waals surface area contributed by atoms with Crippen LogP contribution in [0.25, 0.3) is 10.2 Å². The molecule has 0 radical (unpaired) electrons. The molecule has 1 spiro atoms. The summed E-state index contributed by atoms with van der Waals surface area (Å²) in [4.78, 5) is 37.3. The van der Waals surface area contributed by atoms with Gasteiger partial charge in [0.15, 0.2) is 0 Å². The summed E-state index contributed by atoms with van der Waals surface area (Å²) in [6.45, 7) is 8.90. The zero-order chi connectivity index (χ0) is 20.8. The Balaban J connectivity index is 1.45. The topological polar surface area (TPSA) is 102 Å². The van der Waals surface area contributed by atoms with Crippen LogP contribution in [0.1, 0.15) is 49.7 Å². The third-order valence-electron chi connectivity index (χ3n) is 5.75. The number of ether oxygens (including phenoxy) is 1. The van der Waals surface area contributed by atoms with Crippen molar-refractivity contribution in [1.82, 2.24) is 14.9 Å². The summed E-state index contributed by atoms with van der Waals surface area (Å²) in [5.41, 5.74) is 5.86. The molecule has 2 aromatic rings. The number of amides is 2. The van der Waals surface area contributed by atoms with E-state index in [1.165, 1.54) is 11.3 Å². The second-order valence-corrected chi connectivity index (χ2v) is 10.1. The van der Waals surface area contributed by atoms with Crippen LogP contribution in [0.4, 0.5) is 10.6 Å². The van der Waals surface area contributed by atoms with Crippen LogP contribution in [0.3, 0.4) is 0 Å². The van der Waals surface area contributed by atoms with Gasteiger partial charge in [-0.25, -0.2) is 14.8 Å². The largest absolute Gasteiger partial charge is 0.444 e. The van der Waals surface area contributed by atoms with Crippen molar-refractivity contribution in [3.63, 3.8) is 0 Å². The highest BCUT2D eigenvalue weighted by Crippen LogP contribution is 2.42. The molecule has 2 N–H and O–H groups in total. The quantitative estimate of drug-likeness (QED) is 0.806. The molecule has 0 unspecified atom stereocenters. The average Bonchev–Trinajstić information content (AvgIpc) is 3.26. The summed E-state index contributed by atoms with van der Waals surface area (Å²) < 4.78 is 6.44. The standard InChI is InChI=1S/C20H27N5O3S/c1-19(2,3)28-18(27)25-9-6-20(11-25)4-7-24(8-5-20)17-15-13(22-12-23-17)10-14(29-15)16(21)26/h10,12H,4-9,11H2,1-3H3,(H2,21,26). The first-order chi connectivity index (χ1) is 13.7. The van der Waals surface area contributed by atoms with Crippen LogP contribution < -0.4 is 10.6 Å². The first-order valence-electron chi connectivity index (χ1n) is 9.93. The predicted octanol–water partition coefficient (Wildman–Crippen LogP) is 3.02. The lowest BCUT2D eigenvalue weighted by molar-refractivity contribution is 0.0266. The zero-order valence-corrected chi connectivity index (χ0v) is 17.9. The molecule has 29 heavy (non-hydrogen) atoms. The number of carbonyl (C=O) groups excluding carboxylic acids is 2. The molecule has 0 bridgehead atoms. The van der Waals surface area contributed by atoms with E-state index >= 15 is 0 Å². The molecule has 8 nitrogen and oxygen atoms in total. The number of thiophene rings is 1. The fourth-order valence-electron chi connectivity index (χ4n) is 4.21. The lowest BCUT2D eigenvalue weighted by Gasteiger charge is -2.39. The maximum atomic E-state index is 12.4. The molecule has 2 amide bonds. The van der Waals surface area contributed by atoms with Crippen molar-refractivity contribution in [2.45, 2.75) is 45.6 Å². The second-order valence-electron chi connectivity index (χ2n) is 9.03. The number of piperidine rings is 1. The molecule has 9 heteroatoms. The Bertz CT molecular complexity index is 943. The molecule has 0 atom stereocenters. The van der Waals surface area contributed by atoms with E-state index in [0.29, 0.717) is 4.88 Å². The fraction of sp³-hybridized carbons (Fsp3) is 0.600. The molecular formula is C20H27N5O3S. The second kappa shape index (κ2) is 7.12. The summed E-state index contributed by atoms with van der Waals surface area (Å²) >= 11 is 1.35. The van der Waals surface area contributed by atoms with Crippen molar-refractivity contribution in [3.05, 3.63) is 17.3 Å². The Morgan fingerprint density at radius 1 is 1.17 bits per heavy atom. The molecular weight excluding hydrogens is 390 g/mol. The average molecular weight is 418 g/mol. The number of primary amides is 1. The van der Waals surface area contributed by atoms with Crippen molar-refractivity contribution in [2.75, 3.05) is 31.1 Å². The van der Waals surface area contributed by atoms with E-state index in [-0.39, 0.29) is 11.5 Å². The molecule has 0 aliphatic carbocycles. The van der Waals surface area contributed by atoms with E-state index in [9.17, 15) is 9.59 Å². The highest BCUT2D eigenvalue weighted by molar-refractivity contribution is 7.21. The number of anilines is 1. The molecule has 2 aromatic heterocycles. The van der Waals surface area contributed by atoms with Gasteiger partial charge in [-0.1, -0.05) is 0 Å². The normalized spacial score (nSPS) is 19.1. The number of hydrogen-bond acceptors (Lipinski definition) is 7. The first kappa shape index (κ1) is 19.9. The van der Waals surface area contributed by atoms with Gasteiger partial charge in [0, 0.05) is 26.2 Å². The van der Waals surface area contributed by atoms with Gasteiger partial charge in [-0.05, 0) is 51.5 Å². The Kier molecular flexibility index (Phi) is 4.88. The first-order valence-corrected chi connectivity index (χ1v) is 10.7. The van der Waals surface area contributed by atoms with E-state index in [2.05, 4.69) is 14.9 Å². The lowest BCUT2D eigenvalue weighted by atomic mass is 9.78. The van der Waals surface area contributed by atoms with Crippen LogP contribution in [0.2, 0.25) is 0 Å². The summed E-state index contributed by atoms with van der Waals surface area (Å²) in [6.07, 6.45) is 4.31. The maximum Gasteiger partial charge on any atom is 0.410 e. The van der Waals surface area contributed by atoms with Crippen molar-refractivity contribution in [3.8, 4) is 0 Å². The van der Waals surface area contributed by atoms with Gasteiger partial charge in [-0.2, -0.15) is 0 Å². The Labute approximate surface area is 174 Å². The van der Waals surface area contributed by atoms with Crippen molar-refractivity contribution < 1.29 is 14.3 Å². The van der Waals surface area contributed by atoms with Crippen LogP contribution in [0.5, 0.6) is 0 Å². The number of fused-ring (bicyclic) bond motifs is 1. The van der Waals surface area contributed by atoms with Crippen LogP contribution in [-0.2, 0) is 4.74 Å². The van der Waals surface area contributed by atoms with Gasteiger partial charge in [0.2, 0.25) is 0 Å². The highest BCUT2D eigenvalue weighted by atomic mass is 32.1. The fourth-order valence-corrected chi connectivity index (χ4v) is 5.19. The van der Waals surface area contributed by atoms with Gasteiger partial charge in [0.25, 0.3) is 5.91 Å². The smallest absolute Gasteiger partial charge is 0.410 e. The maximum absolute atomic E-state index is 12.4. The van der Waals surface area contributed by atoms with Gasteiger partial charge in [-0.15, -0.1) is 11.3 Å². The molecule has 2 fully saturated rings. The summed E-state index contributed by atoms with van der Waals surface area (Å²) in [5, 5.41) is 0. The number of nitrogens with zero attached hydrogens (tertiary/aromatic N) is 4.